The van der Waals surface area contributed by atoms with Crippen molar-refractivity contribution in [2.75, 3.05) is 19.8 Å². The van der Waals surface area contributed by atoms with E-state index in [4.69, 9.17) is 14.2 Å². The van der Waals surface area contributed by atoms with Crippen LogP contribution in [0, 0.1) is 22.7 Å². The minimum Gasteiger partial charge on any atom is -0.396 e. The molecule has 0 aromatic carbocycles. The first kappa shape index (κ1) is 21.0. The molecular weight excluding hydrogens is 356 g/mol. The van der Waals surface area contributed by atoms with Gasteiger partial charge < -0.3 is 24.4 Å². The fraction of sp³-hybridized carbons (Fsp3) is 1.00. The van der Waals surface area contributed by atoms with Crippen LogP contribution in [0.1, 0.15) is 79.6 Å². The van der Waals surface area contributed by atoms with Crippen LogP contribution < -0.4 is 0 Å². The first-order valence-corrected chi connectivity index (χ1v) is 11.3. The molecule has 7 atom stereocenters. The van der Waals surface area contributed by atoms with Crippen LogP contribution in [0.3, 0.4) is 0 Å². The first-order valence-electron chi connectivity index (χ1n) is 11.3. The fourth-order valence-electron chi connectivity index (χ4n) is 7.57. The number of fused-ring (bicyclic) bond motifs is 4. The smallest absolute Gasteiger partial charge is 0.163 e. The zero-order chi connectivity index (χ0) is 20.4. The van der Waals surface area contributed by atoms with Gasteiger partial charge in [0.15, 0.2) is 5.79 Å². The molecule has 28 heavy (non-hydrogen) atoms. The first-order chi connectivity index (χ1) is 13.1. The molecule has 0 radical (unpaired) electrons. The molecular formula is C23H40O5. The van der Waals surface area contributed by atoms with Gasteiger partial charge in [-0.05, 0) is 64.2 Å². The number of hydrogen-bond donors (Lipinski definition) is 2. The Morgan fingerprint density at radius 3 is 2.39 bits per heavy atom. The van der Waals surface area contributed by atoms with E-state index < -0.39 is 11.4 Å². The standard InChI is InChI=1S/C23H40O5/c1-16-6-7-17-20(4)15-26-19(2,3)27-18(20)8-9-21(17,5)23(16)11-10-22(14-25,28-23)12-13-24/h16-18,24-25H,6-15H2,1-5H3/t16-,17+,18+,20+,21+,22+,23-/m1/s1. The van der Waals surface area contributed by atoms with Crippen molar-refractivity contribution in [2.45, 2.75) is 103 Å². The van der Waals surface area contributed by atoms with Gasteiger partial charge in [0.1, 0.15) is 0 Å². The Hall–Kier alpha value is -0.200. The highest BCUT2D eigenvalue weighted by Gasteiger charge is 2.70. The van der Waals surface area contributed by atoms with E-state index in [-0.39, 0.29) is 35.7 Å². The summed E-state index contributed by atoms with van der Waals surface area (Å²) in [7, 11) is 0. The van der Waals surface area contributed by atoms with E-state index in [9.17, 15) is 10.2 Å². The van der Waals surface area contributed by atoms with E-state index in [0.717, 1.165) is 38.7 Å². The molecule has 5 nitrogen and oxygen atoms in total. The molecule has 4 rings (SSSR count). The number of aliphatic hydroxyl groups is 2. The van der Waals surface area contributed by atoms with Crippen LogP contribution in [0.5, 0.6) is 0 Å². The van der Waals surface area contributed by atoms with Crippen molar-refractivity contribution in [3.63, 3.8) is 0 Å². The van der Waals surface area contributed by atoms with Gasteiger partial charge in [-0.2, -0.15) is 0 Å². The molecule has 0 unspecified atom stereocenters. The van der Waals surface area contributed by atoms with Gasteiger partial charge >= 0.3 is 0 Å². The van der Waals surface area contributed by atoms with Crippen molar-refractivity contribution in [1.29, 1.82) is 0 Å². The summed E-state index contributed by atoms with van der Waals surface area (Å²) in [5, 5.41) is 19.7. The lowest BCUT2D eigenvalue weighted by atomic mass is 9.43. The number of ether oxygens (including phenoxy) is 3. The molecule has 2 saturated heterocycles. The minimum absolute atomic E-state index is 0.0108. The van der Waals surface area contributed by atoms with Crippen LogP contribution in [0.15, 0.2) is 0 Å². The van der Waals surface area contributed by atoms with Crippen molar-refractivity contribution in [3.8, 4) is 0 Å². The van der Waals surface area contributed by atoms with Gasteiger partial charge in [-0.3, -0.25) is 0 Å². The Labute approximate surface area is 170 Å². The highest BCUT2D eigenvalue weighted by Crippen LogP contribution is 2.69. The molecule has 2 aliphatic heterocycles. The molecule has 2 saturated carbocycles. The summed E-state index contributed by atoms with van der Waals surface area (Å²) in [5.74, 6) is 0.409. The van der Waals surface area contributed by atoms with E-state index >= 15 is 0 Å². The summed E-state index contributed by atoms with van der Waals surface area (Å²) in [4.78, 5) is 0. The van der Waals surface area contributed by atoms with Crippen LogP contribution in [0.2, 0.25) is 0 Å². The maximum absolute atomic E-state index is 10.1. The van der Waals surface area contributed by atoms with E-state index in [1.807, 2.05) is 13.8 Å². The van der Waals surface area contributed by atoms with E-state index in [1.165, 1.54) is 6.42 Å². The molecule has 0 aromatic rings. The zero-order valence-electron chi connectivity index (χ0n) is 18.4. The van der Waals surface area contributed by atoms with Crippen LogP contribution in [-0.2, 0) is 14.2 Å². The average Bonchev–Trinajstić information content (AvgIpc) is 3.03. The SMILES string of the molecule is C[C@@H]1CC[C@H]2[C@]3(C)COC(C)(C)O[C@H]3CC[C@]2(C)[C@@]12CC[C@@](CO)(CCO)O2. The molecule has 4 fully saturated rings. The molecule has 5 heteroatoms. The predicted molar refractivity (Wildman–Crippen MR) is 107 cm³/mol. The van der Waals surface area contributed by atoms with E-state index in [1.54, 1.807) is 0 Å². The molecule has 0 amide bonds. The Kier molecular flexibility index (Phi) is 5.00. The van der Waals surface area contributed by atoms with Crippen LogP contribution in [-0.4, -0.2) is 53.1 Å². The predicted octanol–water partition coefficient (Wildman–Crippen LogP) is 3.65. The van der Waals surface area contributed by atoms with Gasteiger partial charge in [0.05, 0.1) is 30.5 Å². The molecule has 2 heterocycles. The molecule has 0 bridgehead atoms. The van der Waals surface area contributed by atoms with Crippen molar-refractivity contribution < 1.29 is 24.4 Å². The van der Waals surface area contributed by atoms with Gasteiger partial charge in [-0.15, -0.1) is 0 Å². The quantitative estimate of drug-likeness (QED) is 0.762. The number of rotatable bonds is 3. The van der Waals surface area contributed by atoms with Gasteiger partial charge in [-0.1, -0.05) is 20.8 Å². The third-order valence-corrected chi connectivity index (χ3v) is 9.24. The second-order valence-electron chi connectivity index (χ2n) is 11.1. The Balaban J connectivity index is 1.70. The second-order valence-corrected chi connectivity index (χ2v) is 11.1. The summed E-state index contributed by atoms with van der Waals surface area (Å²) >= 11 is 0. The highest BCUT2D eigenvalue weighted by molar-refractivity contribution is 5.18. The number of hydrogen-bond acceptors (Lipinski definition) is 5. The van der Waals surface area contributed by atoms with Crippen LogP contribution in [0.25, 0.3) is 0 Å². The van der Waals surface area contributed by atoms with Gasteiger partial charge in [-0.25, -0.2) is 0 Å². The Bertz CT molecular complexity index is 608. The summed E-state index contributed by atoms with van der Waals surface area (Å²) in [6, 6.07) is 0. The van der Waals surface area contributed by atoms with Gasteiger partial charge in [0, 0.05) is 23.9 Å². The molecule has 1 spiro atoms. The van der Waals surface area contributed by atoms with Crippen molar-refractivity contribution in [3.05, 3.63) is 0 Å². The largest absolute Gasteiger partial charge is 0.396 e. The van der Waals surface area contributed by atoms with Gasteiger partial charge in [0.25, 0.3) is 0 Å². The summed E-state index contributed by atoms with van der Waals surface area (Å²) in [6.45, 7) is 12.0. The normalized spacial score (nSPS) is 53.0. The Morgan fingerprint density at radius 1 is 0.964 bits per heavy atom. The topological polar surface area (TPSA) is 68.2 Å². The highest BCUT2D eigenvalue weighted by atomic mass is 16.7. The monoisotopic (exact) mass is 396 g/mol. The fourth-order valence-corrected chi connectivity index (χ4v) is 7.57. The lowest BCUT2D eigenvalue weighted by Gasteiger charge is -2.67. The van der Waals surface area contributed by atoms with Crippen molar-refractivity contribution in [1.82, 2.24) is 0 Å². The average molecular weight is 397 g/mol. The molecule has 2 aliphatic carbocycles. The third-order valence-electron chi connectivity index (χ3n) is 9.24. The number of aliphatic hydroxyl groups excluding tert-OH is 2. The summed E-state index contributed by atoms with van der Waals surface area (Å²) in [6.07, 6.45) is 6.95. The second kappa shape index (κ2) is 6.65. The zero-order valence-corrected chi connectivity index (χ0v) is 18.4. The summed E-state index contributed by atoms with van der Waals surface area (Å²) < 4.78 is 19.5. The lowest BCUT2D eigenvalue weighted by molar-refractivity contribution is -0.359. The van der Waals surface area contributed by atoms with E-state index in [0.29, 0.717) is 18.3 Å². The van der Waals surface area contributed by atoms with Crippen LogP contribution >= 0.6 is 0 Å². The molecule has 0 aromatic heterocycles. The molecule has 162 valence electrons. The maximum atomic E-state index is 10.1. The Morgan fingerprint density at radius 2 is 1.71 bits per heavy atom. The maximum Gasteiger partial charge on any atom is 0.163 e. The van der Waals surface area contributed by atoms with Gasteiger partial charge in [0.2, 0.25) is 0 Å². The lowest BCUT2D eigenvalue weighted by Crippen LogP contribution is -2.69. The molecule has 4 aliphatic rings. The third kappa shape index (κ3) is 2.76. The van der Waals surface area contributed by atoms with Crippen LogP contribution in [0.4, 0.5) is 0 Å². The van der Waals surface area contributed by atoms with Crippen molar-refractivity contribution >= 4 is 0 Å². The molecule has 2 N–H and O–H groups in total. The van der Waals surface area contributed by atoms with Crippen molar-refractivity contribution in [2.24, 2.45) is 22.7 Å². The minimum atomic E-state index is -0.590. The van der Waals surface area contributed by atoms with E-state index in [2.05, 4.69) is 20.8 Å². The summed E-state index contributed by atoms with van der Waals surface area (Å²) in [5.41, 5.74) is -0.820.